The van der Waals surface area contributed by atoms with Crippen LogP contribution in [-0.4, -0.2) is 36.8 Å². The second kappa shape index (κ2) is 7.17. The van der Waals surface area contributed by atoms with Crippen molar-refractivity contribution in [1.29, 1.82) is 0 Å². The number of carbonyl (C=O) groups excluding carboxylic acids is 1. The minimum atomic E-state index is -3.44. The van der Waals surface area contributed by atoms with E-state index in [9.17, 15) is 13.2 Å². The maximum absolute atomic E-state index is 12.9. The lowest BCUT2D eigenvalue weighted by molar-refractivity contribution is 0.103. The fraction of sp³-hybridized carbons (Fsp3) is 0.412. The molecular formula is C17H21ClN2O4S. The van der Waals surface area contributed by atoms with E-state index in [4.69, 9.17) is 16.3 Å². The van der Waals surface area contributed by atoms with Gasteiger partial charge in [0.05, 0.1) is 29.0 Å². The maximum Gasteiger partial charge on any atom is 0.223 e. The fourth-order valence-electron chi connectivity index (χ4n) is 2.85. The van der Waals surface area contributed by atoms with Crippen LogP contribution < -0.4 is 4.74 Å². The van der Waals surface area contributed by atoms with Gasteiger partial charge in [-0.3, -0.25) is 4.79 Å². The Morgan fingerprint density at radius 1 is 1.28 bits per heavy atom. The summed E-state index contributed by atoms with van der Waals surface area (Å²) in [6, 6.07) is 1.52. The van der Waals surface area contributed by atoms with Gasteiger partial charge >= 0.3 is 0 Å². The molecule has 0 aliphatic heterocycles. The van der Waals surface area contributed by atoms with Crippen LogP contribution in [0, 0.1) is 13.8 Å². The topological polar surface area (TPSA) is 78.3 Å². The first-order valence-electron chi connectivity index (χ1n) is 7.86. The first kappa shape index (κ1) is 19.5. The van der Waals surface area contributed by atoms with Gasteiger partial charge in [0.1, 0.15) is 5.56 Å². The molecule has 136 valence electrons. The van der Waals surface area contributed by atoms with Gasteiger partial charge in [-0.25, -0.2) is 13.1 Å². The van der Waals surface area contributed by atoms with Crippen LogP contribution >= 0.6 is 11.6 Å². The van der Waals surface area contributed by atoms with Gasteiger partial charge in [-0.1, -0.05) is 18.5 Å². The quantitative estimate of drug-likeness (QED) is 0.714. The molecule has 0 saturated heterocycles. The van der Waals surface area contributed by atoms with E-state index in [-0.39, 0.29) is 32.6 Å². The molecule has 0 atom stereocenters. The van der Waals surface area contributed by atoms with Crippen LogP contribution in [0.5, 0.6) is 5.88 Å². The van der Waals surface area contributed by atoms with Gasteiger partial charge in [-0.15, -0.1) is 0 Å². The summed E-state index contributed by atoms with van der Waals surface area (Å²) in [5.74, 6) is -0.0348. The molecule has 2 aromatic rings. The first-order chi connectivity index (χ1) is 11.7. The highest BCUT2D eigenvalue weighted by Gasteiger charge is 2.27. The molecule has 0 unspecified atom stereocenters. The Hall–Kier alpha value is -1.86. The molecule has 2 rings (SSSR count). The van der Waals surface area contributed by atoms with E-state index < -0.39 is 9.84 Å². The van der Waals surface area contributed by atoms with Crippen LogP contribution in [0.25, 0.3) is 0 Å². The Labute approximate surface area is 152 Å². The number of benzene rings is 1. The standard InChI is InChI=1S/C17H21ClN2O4S/c1-6-20-17(24-5)13(9-19-20)15(21)12-8-10(3)16(11(4)14(12)18)25(22,23)7-2/h8-9H,6-7H2,1-5H3. The average Bonchev–Trinajstić information content (AvgIpc) is 3.00. The fourth-order valence-corrected chi connectivity index (χ4v) is 4.54. The summed E-state index contributed by atoms with van der Waals surface area (Å²) < 4.78 is 31.5. The summed E-state index contributed by atoms with van der Waals surface area (Å²) in [4.78, 5) is 13.1. The van der Waals surface area contributed by atoms with E-state index in [0.717, 1.165) is 0 Å². The lowest BCUT2D eigenvalue weighted by atomic mass is 10.0. The summed E-state index contributed by atoms with van der Waals surface area (Å²) in [6.45, 7) is 7.28. The molecular weight excluding hydrogens is 364 g/mol. The molecule has 6 nitrogen and oxygen atoms in total. The molecule has 0 aliphatic rings. The summed E-state index contributed by atoms with van der Waals surface area (Å²) in [6.07, 6.45) is 1.43. The van der Waals surface area contributed by atoms with E-state index in [1.165, 1.54) is 19.4 Å². The first-order valence-corrected chi connectivity index (χ1v) is 9.89. The highest BCUT2D eigenvalue weighted by molar-refractivity contribution is 7.91. The largest absolute Gasteiger partial charge is 0.481 e. The van der Waals surface area contributed by atoms with Gasteiger partial charge in [-0.05, 0) is 38.0 Å². The van der Waals surface area contributed by atoms with E-state index in [0.29, 0.717) is 23.6 Å². The zero-order valence-electron chi connectivity index (χ0n) is 14.9. The monoisotopic (exact) mass is 384 g/mol. The Bertz CT molecular complexity index is 933. The summed E-state index contributed by atoms with van der Waals surface area (Å²) in [7, 11) is -1.97. The molecule has 1 heterocycles. The number of hydrogen-bond acceptors (Lipinski definition) is 5. The molecule has 0 bridgehead atoms. The van der Waals surface area contributed by atoms with Gasteiger partial charge < -0.3 is 4.74 Å². The minimum Gasteiger partial charge on any atom is -0.481 e. The van der Waals surface area contributed by atoms with Crippen LogP contribution in [0.3, 0.4) is 0 Å². The third-order valence-corrected chi connectivity index (χ3v) is 6.59. The van der Waals surface area contributed by atoms with Crippen LogP contribution in [0.15, 0.2) is 17.2 Å². The van der Waals surface area contributed by atoms with Crippen molar-refractivity contribution >= 4 is 27.2 Å². The van der Waals surface area contributed by atoms with Gasteiger partial charge in [0.15, 0.2) is 9.84 Å². The Balaban J connectivity index is 2.66. The van der Waals surface area contributed by atoms with E-state index in [1.807, 2.05) is 6.92 Å². The molecule has 0 amide bonds. The van der Waals surface area contributed by atoms with Crippen LogP contribution in [0.1, 0.15) is 40.9 Å². The second-order valence-corrected chi connectivity index (χ2v) is 8.22. The molecule has 25 heavy (non-hydrogen) atoms. The predicted molar refractivity (Wildman–Crippen MR) is 96.5 cm³/mol. The number of carbonyl (C=O) groups is 1. The van der Waals surface area contributed by atoms with Crippen LogP contribution in [0.2, 0.25) is 5.02 Å². The second-order valence-electron chi connectivity index (χ2n) is 5.62. The SMILES string of the molecule is CCn1ncc(C(=O)c2cc(C)c(S(=O)(=O)CC)c(C)c2Cl)c1OC. The van der Waals surface area contributed by atoms with E-state index in [1.54, 1.807) is 25.5 Å². The smallest absolute Gasteiger partial charge is 0.223 e. The van der Waals surface area contributed by atoms with Crippen molar-refractivity contribution in [3.63, 3.8) is 0 Å². The van der Waals surface area contributed by atoms with Gasteiger partial charge in [0.2, 0.25) is 11.7 Å². The lowest BCUT2D eigenvalue weighted by Crippen LogP contribution is -2.12. The molecule has 0 saturated carbocycles. The molecule has 0 spiro atoms. The summed E-state index contributed by atoms with van der Waals surface area (Å²) in [5.41, 5.74) is 1.40. The van der Waals surface area contributed by atoms with Crippen molar-refractivity contribution in [3.8, 4) is 5.88 Å². The van der Waals surface area contributed by atoms with Crippen molar-refractivity contribution < 1.29 is 17.9 Å². The number of methoxy groups -OCH3 is 1. The van der Waals surface area contributed by atoms with E-state index >= 15 is 0 Å². The number of aryl methyl sites for hydroxylation is 2. The zero-order valence-corrected chi connectivity index (χ0v) is 16.5. The van der Waals surface area contributed by atoms with Crippen molar-refractivity contribution in [2.24, 2.45) is 0 Å². The highest BCUT2D eigenvalue weighted by Crippen LogP contribution is 2.33. The summed E-state index contributed by atoms with van der Waals surface area (Å²) in [5, 5.41) is 4.26. The molecule has 0 fully saturated rings. The number of ether oxygens (including phenoxy) is 1. The number of ketones is 1. The summed E-state index contributed by atoms with van der Waals surface area (Å²) >= 11 is 6.36. The number of rotatable bonds is 6. The van der Waals surface area contributed by atoms with Crippen molar-refractivity contribution in [3.05, 3.63) is 39.5 Å². The van der Waals surface area contributed by atoms with Crippen LogP contribution in [0.4, 0.5) is 0 Å². The van der Waals surface area contributed by atoms with Gasteiger partial charge in [-0.2, -0.15) is 5.10 Å². The molecule has 8 heteroatoms. The predicted octanol–water partition coefficient (Wildman–Crippen LogP) is 3.21. The van der Waals surface area contributed by atoms with Gasteiger partial charge in [0.25, 0.3) is 0 Å². The van der Waals surface area contributed by atoms with Crippen molar-refractivity contribution in [1.82, 2.24) is 9.78 Å². The van der Waals surface area contributed by atoms with Crippen molar-refractivity contribution in [2.45, 2.75) is 39.1 Å². The lowest BCUT2D eigenvalue weighted by Gasteiger charge is -2.15. The van der Waals surface area contributed by atoms with E-state index in [2.05, 4.69) is 5.10 Å². The number of hydrogen-bond donors (Lipinski definition) is 0. The maximum atomic E-state index is 12.9. The zero-order chi connectivity index (χ0) is 18.9. The molecule has 0 aliphatic carbocycles. The van der Waals surface area contributed by atoms with Gasteiger partial charge in [0, 0.05) is 12.1 Å². The Kier molecular flexibility index (Phi) is 5.58. The van der Waals surface area contributed by atoms with Crippen molar-refractivity contribution in [2.75, 3.05) is 12.9 Å². The highest BCUT2D eigenvalue weighted by atomic mass is 35.5. The number of aromatic nitrogens is 2. The number of sulfone groups is 1. The van der Waals surface area contributed by atoms with Crippen LogP contribution in [-0.2, 0) is 16.4 Å². The normalized spacial score (nSPS) is 11.6. The Morgan fingerprint density at radius 2 is 1.92 bits per heavy atom. The molecule has 1 aromatic carbocycles. The minimum absolute atomic E-state index is 0.0323. The Morgan fingerprint density at radius 3 is 2.44 bits per heavy atom. The third-order valence-electron chi connectivity index (χ3n) is 4.09. The number of halogens is 1. The molecule has 0 N–H and O–H groups in total. The molecule has 1 aromatic heterocycles. The number of nitrogens with zero attached hydrogens (tertiary/aromatic N) is 2. The average molecular weight is 385 g/mol. The molecule has 0 radical (unpaired) electrons. The third kappa shape index (κ3) is 3.30.